The minimum atomic E-state index is -0.481. The number of piperidine rings is 1. The number of alkyl carbamates (subject to hydrolysis) is 1. The van der Waals surface area contributed by atoms with Gasteiger partial charge in [-0.05, 0) is 42.2 Å². The third kappa shape index (κ3) is 4.19. The van der Waals surface area contributed by atoms with Crippen LogP contribution < -0.4 is 5.32 Å². The molecule has 5 nitrogen and oxygen atoms in total. The Labute approximate surface area is 157 Å². The fraction of sp³-hybridized carbons (Fsp3) is 0.619. The zero-order valence-electron chi connectivity index (χ0n) is 16.6. The molecule has 26 heavy (non-hydrogen) atoms. The molecule has 1 aromatic rings. The second kappa shape index (κ2) is 9.06. The van der Waals surface area contributed by atoms with Crippen LogP contribution in [0, 0.1) is 24.7 Å². The van der Waals surface area contributed by atoms with Gasteiger partial charge in [-0.25, -0.2) is 4.79 Å². The zero-order valence-corrected chi connectivity index (χ0v) is 16.6. The molecule has 2 amide bonds. The van der Waals surface area contributed by atoms with Crippen molar-refractivity contribution in [1.82, 2.24) is 10.2 Å². The predicted octanol–water partition coefficient (Wildman–Crippen LogP) is 3.58. The van der Waals surface area contributed by atoms with Gasteiger partial charge in [0.2, 0.25) is 5.91 Å². The highest BCUT2D eigenvalue weighted by Crippen LogP contribution is 2.58. The third-order valence-corrected chi connectivity index (χ3v) is 5.57. The van der Waals surface area contributed by atoms with E-state index in [1.54, 1.807) is 0 Å². The summed E-state index contributed by atoms with van der Waals surface area (Å²) in [7, 11) is 1.33. The monoisotopic (exact) mass is 360 g/mol. The number of amides is 2. The van der Waals surface area contributed by atoms with Gasteiger partial charge < -0.3 is 15.0 Å². The number of ether oxygens (including phenoxy) is 1. The topological polar surface area (TPSA) is 58.6 Å². The second-order valence-electron chi connectivity index (χ2n) is 6.93. The number of fused-ring (bicyclic) bond motifs is 1. The van der Waals surface area contributed by atoms with Crippen molar-refractivity contribution in [3.05, 3.63) is 35.4 Å². The molecule has 1 N–H and O–H groups in total. The molecular weight excluding hydrogens is 328 g/mol. The first-order valence-corrected chi connectivity index (χ1v) is 9.73. The number of nitrogens with zero attached hydrogens (tertiary/aromatic N) is 1. The van der Waals surface area contributed by atoms with Gasteiger partial charge in [-0.2, -0.15) is 0 Å². The molecule has 2 fully saturated rings. The first-order chi connectivity index (χ1) is 12.6. The summed E-state index contributed by atoms with van der Waals surface area (Å²) in [6, 6.07) is 8.56. The van der Waals surface area contributed by atoms with Crippen LogP contribution in [0.1, 0.15) is 44.2 Å². The Kier molecular flexibility index (Phi) is 7.06. The number of hydrogen-bond donors (Lipinski definition) is 1. The molecule has 0 spiro atoms. The number of benzene rings is 1. The van der Waals surface area contributed by atoms with E-state index in [9.17, 15) is 9.59 Å². The first-order valence-electron chi connectivity index (χ1n) is 9.73. The molecule has 5 heteroatoms. The van der Waals surface area contributed by atoms with Crippen LogP contribution in [0.5, 0.6) is 0 Å². The summed E-state index contributed by atoms with van der Waals surface area (Å²) in [5.41, 5.74) is 2.79. The van der Waals surface area contributed by atoms with E-state index in [0.29, 0.717) is 24.3 Å². The van der Waals surface area contributed by atoms with Crippen LogP contribution in [-0.2, 0) is 9.53 Å². The van der Waals surface area contributed by atoms with E-state index < -0.39 is 6.09 Å². The lowest BCUT2D eigenvalue weighted by atomic mass is 10.0. The largest absolute Gasteiger partial charge is 0.453 e. The summed E-state index contributed by atoms with van der Waals surface area (Å²) in [6.07, 6.45) is 0.237. The number of rotatable bonds is 5. The van der Waals surface area contributed by atoms with E-state index >= 15 is 0 Å². The zero-order chi connectivity index (χ0) is 19.3. The average molecular weight is 360 g/mol. The van der Waals surface area contributed by atoms with Gasteiger partial charge in [0.05, 0.1) is 13.0 Å². The maximum absolute atomic E-state index is 12.7. The van der Waals surface area contributed by atoms with Gasteiger partial charge >= 0.3 is 6.09 Å². The fourth-order valence-corrected chi connectivity index (χ4v) is 4.07. The summed E-state index contributed by atoms with van der Waals surface area (Å²) in [4.78, 5) is 25.9. The molecule has 1 heterocycles. The molecule has 3 rings (SSSR count). The van der Waals surface area contributed by atoms with E-state index in [-0.39, 0.29) is 11.8 Å². The van der Waals surface area contributed by atoms with Gasteiger partial charge in [-0.3, -0.25) is 4.79 Å². The summed E-state index contributed by atoms with van der Waals surface area (Å²) in [5, 5.41) is 2.64. The lowest BCUT2D eigenvalue weighted by molar-refractivity contribution is -0.135. The Balaban J connectivity index is 0.00000117. The van der Waals surface area contributed by atoms with Crippen LogP contribution in [0.3, 0.4) is 0 Å². The number of hydrogen-bond acceptors (Lipinski definition) is 3. The van der Waals surface area contributed by atoms with Gasteiger partial charge in [-0.1, -0.05) is 45.0 Å². The third-order valence-electron chi connectivity index (χ3n) is 5.57. The number of nitrogens with one attached hydrogen (secondary N) is 1. The Bertz CT molecular complexity index is 619. The first kappa shape index (κ1) is 20.3. The van der Waals surface area contributed by atoms with Crippen molar-refractivity contribution in [3.8, 4) is 0 Å². The van der Waals surface area contributed by atoms with Crippen LogP contribution in [0.25, 0.3) is 0 Å². The Hall–Kier alpha value is -2.04. The second-order valence-corrected chi connectivity index (χ2v) is 6.93. The summed E-state index contributed by atoms with van der Waals surface area (Å²) >= 11 is 0. The number of methoxy groups -OCH3 is 1. The molecule has 1 saturated heterocycles. The molecular formula is C21H32N2O3. The highest BCUT2D eigenvalue weighted by atomic mass is 16.5. The number of carbonyl (C=O) groups is 2. The van der Waals surface area contributed by atoms with Crippen LogP contribution in [-0.4, -0.2) is 43.6 Å². The SMILES string of the molecule is CC.CCC(CNC(=O)OC)C(=O)N1CC2C(C1)C2c1ccccc1C. The highest BCUT2D eigenvalue weighted by molar-refractivity contribution is 5.80. The Morgan fingerprint density at radius 2 is 1.85 bits per heavy atom. The molecule has 0 aromatic heterocycles. The normalized spacial score (nSPS) is 24.0. The van der Waals surface area contributed by atoms with Crippen molar-refractivity contribution in [3.63, 3.8) is 0 Å². The van der Waals surface area contributed by atoms with E-state index in [0.717, 1.165) is 19.5 Å². The van der Waals surface area contributed by atoms with Crippen LogP contribution in [0.2, 0.25) is 0 Å². The molecule has 3 unspecified atom stereocenters. The smallest absolute Gasteiger partial charge is 0.406 e. The molecule has 2 aliphatic rings. The van der Waals surface area contributed by atoms with Gasteiger partial charge in [0.25, 0.3) is 0 Å². The van der Waals surface area contributed by atoms with Crippen LogP contribution in [0.4, 0.5) is 4.79 Å². The quantitative estimate of drug-likeness (QED) is 0.873. The number of aryl methyl sites for hydroxylation is 1. The average Bonchev–Trinajstić information content (AvgIpc) is 3.15. The lowest BCUT2D eigenvalue weighted by Gasteiger charge is -2.25. The van der Waals surface area contributed by atoms with E-state index in [2.05, 4.69) is 41.2 Å². The van der Waals surface area contributed by atoms with Gasteiger partial charge in [-0.15, -0.1) is 0 Å². The summed E-state index contributed by atoms with van der Waals surface area (Å²) in [6.45, 7) is 10.2. The van der Waals surface area contributed by atoms with Gasteiger partial charge in [0.1, 0.15) is 0 Å². The highest BCUT2D eigenvalue weighted by Gasteiger charge is 2.57. The van der Waals surface area contributed by atoms with Crippen molar-refractivity contribution in [1.29, 1.82) is 0 Å². The maximum atomic E-state index is 12.7. The van der Waals surface area contributed by atoms with Gasteiger partial charge in [0, 0.05) is 19.6 Å². The van der Waals surface area contributed by atoms with E-state index in [1.165, 1.54) is 18.2 Å². The minimum Gasteiger partial charge on any atom is -0.453 e. The molecule has 0 bridgehead atoms. The molecule has 144 valence electrons. The van der Waals surface area contributed by atoms with Crippen molar-refractivity contribution in [2.24, 2.45) is 17.8 Å². The van der Waals surface area contributed by atoms with E-state index in [1.807, 2.05) is 25.7 Å². The molecule has 1 aliphatic carbocycles. The molecule has 1 aliphatic heterocycles. The number of likely N-dealkylation sites (tertiary alicyclic amines) is 1. The van der Waals surface area contributed by atoms with Crippen LogP contribution >= 0.6 is 0 Å². The Morgan fingerprint density at radius 1 is 1.23 bits per heavy atom. The van der Waals surface area contributed by atoms with Crippen LogP contribution in [0.15, 0.2) is 24.3 Å². The Morgan fingerprint density at radius 3 is 2.38 bits per heavy atom. The van der Waals surface area contributed by atoms with Crippen molar-refractivity contribution >= 4 is 12.0 Å². The lowest BCUT2D eigenvalue weighted by Crippen LogP contribution is -2.41. The predicted molar refractivity (Wildman–Crippen MR) is 103 cm³/mol. The van der Waals surface area contributed by atoms with Gasteiger partial charge in [0.15, 0.2) is 0 Å². The minimum absolute atomic E-state index is 0.157. The molecule has 1 saturated carbocycles. The van der Waals surface area contributed by atoms with E-state index in [4.69, 9.17) is 0 Å². The van der Waals surface area contributed by atoms with Crippen molar-refractivity contribution in [2.45, 2.75) is 40.0 Å². The number of carbonyl (C=O) groups excluding carboxylic acids is 2. The molecule has 3 atom stereocenters. The van der Waals surface area contributed by atoms with Crippen molar-refractivity contribution < 1.29 is 14.3 Å². The van der Waals surface area contributed by atoms with Crippen molar-refractivity contribution in [2.75, 3.05) is 26.7 Å². The fourth-order valence-electron chi connectivity index (χ4n) is 4.07. The molecule has 1 aromatic carbocycles. The standard InChI is InChI=1S/C19H26N2O3.C2H6/c1-4-13(9-20-19(23)24-3)18(22)21-10-15-16(11-21)17(15)14-8-6-5-7-12(14)2;1-2/h5-8,13,15-17H,4,9-11H2,1-3H3,(H,20,23);1-2H3. The molecule has 0 radical (unpaired) electrons. The maximum Gasteiger partial charge on any atom is 0.406 e. The summed E-state index contributed by atoms with van der Waals surface area (Å²) in [5.74, 6) is 1.80. The summed E-state index contributed by atoms with van der Waals surface area (Å²) < 4.78 is 4.57.